The first-order valence-electron chi connectivity index (χ1n) is 5.35. The Bertz CT molecular complexity index is 566. The van der Waals surface area contributed by atoms with Gasteiger partial charge in [-0.05, 0) is 24.6 Å². The van der Waals surface area contributed by atoms with Crippen molar-refractivity contribution in [1.29, 1.82) is 0 Å². The number of rotatable bonds is 1. The van der Waals surface area contributed by atoms with Crippen molar-refractivity contribution in [3.05, 3.63) is 41.1 Å². The highest BCUT2D eigenvalue weighted by molar-refractivity contribution is 5.64. The average molecular weight is 236 g/mol. The zero-order valence-electron chi connectivity index (χ0n) is 8.96. The van der Waals surface area contributed by atoms with Gasteiger partial charge in [-0.2, -0.15) is 5.10 Å². The van der Waals surface area contributed by atoms with Crippen molar-refractivity contribution in [2.45, 2.75) is 13.0 Å². The Labute approximate surface area is 96.4 Å². The number of hydrogen-bond acceptors (Lipinski definition) is 2. The number of hydrogen-bond donors (Lipinski definition) is 1. The Kier molecular flexibility index (Phi) is 2.40. The van der Waals surface area contributed by atoms with Crippen LogP contribution in [0, 0.1) is 11.6 Å². The molecule has 0 amide bonds. The van der Waals surface area contributed by atoms with Gasteiger partial charge in [0.25, 0.3) is 0 Å². The first kappa shape index (κ1) is 10.4. The number of H-pyrrole nitrogens is 1. The SMILES string of the molecule is Fc1ccc(-c2n[nH]c3c2CCOC3)cc1F. The number of nitrogens with one attached hydrogen (secondary N) is 1. The van der Waals surface area contributed by atoms with E-state index in [1.807, 2.05) is 0 Å². The highest BCUT2D eigenvalue weighted by Crippen LogP contribution is 2.27. The number of ether oxygens (including phenoxy) is 1. The number of benzene rings is 1. The fourth-order valence-corrected chi connectivity index (χ4v) is 2.02. The Morgan fingerprint density at radius 3 is 2.94 bits per heavy atom. The summed E-state index contributed by atoms with van der Waals surface area (Å²) < 4.78 is 31.3. The molecule has 0 aliphatic carbocycles. The third-order valence-electron chi connectivity index (χ3n) is 2.89. The van der Waals surface area contributed by atoms with Gasteiger partial charge in [-0.15, -0.1) is 0 Å². The van der Waals surface area contributed by atoms with Crippen molar-refractivity contribution in [3.63, 3.8) is 0 Å². The molecule has 17 heavy (non-hydrogen) atoms. The van der Waals surface area contributed by atoms with Gasteiger partial charge in [-0.3, -0.25) is 5.10 Å². The van der Waals surface area contributed by atoms with E-state index in [4.69, 9.17) is 4.74 Å². The van der Waals surface area contributed by atoms with Gasteiger partial charge in [0.2, 0.25) is 0 Å². The molecule has 0 spiro atoms. The van der Waals surface area contributed by atoms with Crippen molar-refractivity contribution in [2.75, 3.05) is 6.61 Å². The Hall–Kier alpha value is -1.75. The highest BCUT2D eigenvalue weighted by Gasteiger charge is 2.18. The zero-order valence-corrected chi connectivity index (χ0v) is 8.96. The molecule has 1 aromatic carbocycles. The van der Waals surface area contributed by atoms with E-state index in [-0.39, 0.29) is 0 Å². The van der Waals surface area contributed by atoms with Crippen molar-refractivity contribution in [1.82, 2.24) is 10.2 Å². The molecule has 3 rings (SSSR count). The largest absolute Gasteiger partial charge is 0.375 e. The second kappa shape index (κ2) is 3.92. The summed E-state index contributed by atoms with van der Waals surface area (Å²) in [4.78, 5) is 0. The standard InChI is InChI=1S/C12H10F2N2O/c13-9-2-1-7(5-10(9)14)12-8-3-4-17-6-11(8)15-16-12/h1-2,5H,3-4,6H2,(H,15,16). The second-order valence-corrected chi connectivity index (χ2v) is 3.96. The molecule has 0 atom stereocenters. The van der Waals surface area contributed by atoms with E-state index < -0.39 is 11.6 Å². The number of nitrogens with zero attached hydrogens (tertiary/aromatic N) is 1. The number of aromatic nitrogens is 2. The molecule has 1 aromatic heterocycles. The first-order valence-corrected chi connectivity index (χ1v) is 5.35. The Balaban J connectivity index is 2.09. The van der Waals surface area contributed by atoms with Crippen molar-refractivity contribution < 1.29 is 13.5 Å². The van der Waals surface area contributed by atoms with Crippen LogP contribution in [0.1, 0.15) is 11.3 Å². The quantitative estimate of drug-likeness (QED) is 0.825. The fraction of sp³-hybridized carbons (Fsp3) is 0.250. The predicted octanol–water partition coefficient (Wildman–Crippen LogP) is 2.43. The maximum absolute atomic E-state index is 13.2. The van der Waals surface area contributed by atoms with E-state index in [9.17, 15) is 8.78 Å². The summed E-state index contributed by atoms with van der Waals surface area (Å²) in [5.74, 6) is -1.70. The molecule has 1 aliphatic rings. The van der Waals surface area contributed by atoms with E-state index in [0.717, 1.165) is 23.7 Å². The van der Waals surface area contributed by atoms with Crippen LogP contribution < -0.4 is 0 Å². The van der Waals surface area contributed by atoms with Crippen LogP contribution in [0.2, 0.25) is 0 Å². The molecule has 1 N–H and O–H groups in total. The van der Waals surface area contributed by atoms with E-state index in [0.29, 0.717) is 24.5 Å². The van der Waals surface area contributed by atoms with Crippen LogP contribution in [0.3, 0.4) is 0 Å². The van der Waals surface area contributed by atoms with Crippen LogP contribution in [-0.2, 0) is 17.8 Å². The van der Waals surface area contributed by atoms with Crippen LogP contribution in [-0.4, -0.2) is 16.8 Å². The molecule has 0 bridgehead atoms. The molecule has 5 heteroatoms. The molecule has 0 saturated carbocycles. The summed E-state index contributed by atoms with van der Waals surface area (Å²) in [5.41, 5.74) is 3.21. The van der Waals surface area contributed by atoms with Gasteiger partial charge in [0.05, 0.1) is 24.6 Å². The molecule has 0 unspecified atom stereocenters. The fourth-order valence-electron chi connectivity index (χ4n) is 2.02. The third-order valence-corrected chi connectivity index (χ3v) is 2.89. The van der Waals surface area contributed by atoms with E-state index in [1.165, 1.54) is 12.1 Å². The van der Waals surface area contributed by atoms with Crippen LogP contribution >= 0.6 is 0 Å². The molecular formula is C12H10F2N2O. The van der Waals surface area contributed by atoms with Crippen molar-refractivity contribution in [3.8, 4) is 11.3 Å². The molecular weight excluding hydrogens is 226 g/mol. The van der Waals surface area contributed by atoms with Gasteiger partial charge in [0, 0.05) is 11.1 Å². The summed E-state index contributed by atoms with van der Waals surface area (Å²) in [6, 6.07) is 3.82. The van der Waals surface area contributed by atoms with E-state index in [1.54, 1.807) is 0 Å². The number of aromatic amines is 1. The molecule has 3 nitrogen and oxygen atoms in total. The first-order chi connectivity index (χ1) is 8.25. The monoisotopic (exact) mass is 236 g/mol. The molecule has 2 heterocycles. The predicted molar refractivity (Wildman–Crippen MR) is 57.3 cm³/mol. The topological polar surface area (TPSA) is 37.9 Å². The lowest BCUT2D eigenvalue weighted by Gasteiger charge is -2.12. The van der Waals surface area contributed by atoms with E-state index in [2.05, 4.69) is 10.2 Å². The Morgan fingerprint density at radius 1 is 1.24 bits per heavy atom. The number of fused-ring (bicyclic) bond motifs is 1. The van der Waals surface area contributed by atoms with Gasteiger partial charge in [-0.25, -0.2) is 8.78 Å². The van der Waals surface area contributed by atoms with Crippen LogP contribution in [0.15, 0.2) is 18.2 Å². The lowest BCUT2D eigenvalue weighted by molar-refractivity contribution is 0.108. The van der Waals surface area contributed by atoms with Gasteiger partial charge < -0.3 is 4.74 Å². The molecule has 1 aliphatic heterocycles. The summed E-state index contributed by atoms with van der Waals surface area (Å²) in [5, 5.41) is 7.01. The average Bonchev–Trinajstić information content (AvgIpc) is 2.76. The molecule has 0 saturated heterocycles. The minimum absolute atomic E-state index is 0.492. The minimum atomic E-state index is -0.855. The second-order valence-electron chi connectivity index (χ2n) is 3.96. The van der Waals surface area contributed by atoms with Crippen LogP contribution in [0.4, 0.5) is 8.78 Å². The number of halogens is 2. The molecule has 0 radical (unpaired) electrons. The summed E-state index contributed by atoms with van der Waals surface area (Å²) in [7, 11) is 0. The maximum Gasteiger partial charge on any atom is 0.159 e. The lowest BCUT2D eigenvalue weighted by atomic mass is 10.0. The van der Waals surface area contributed by atoms with Gasteiger partial charge >= 0.3 is 0 Å². The molecule has 88 valence electrons. The van der Waals surface area contributed by atoms with Crippen LogP contribution in [0.25, 0.3) is 11.3 Å². The zero-order chi connectivity index (χ0) is 11.8. The molecule has 2 aromatic rings. The Morgan fingerprint density at radius 2 is 2.12 bits per heavy atom. The summed E-state index contributed by atoms with van der Waals surface area (Å²) >= 11 is 0. The summed E-state index contributed by atoms with van der Waals surface area (Å²) in [6.07, 6.45) is 0.736. The minimum Gasteiger partial charge on any atom is -0.375 e. The van der Waals surface area contributed by atoms with Crippen molar-refractivity contribution >= 4 is 0 Å². The van der Waals surface area contributed by atoms with Gasteiger partial charge in [0.15, 0.2) is 11.6 Å². The smallest absolute Gasteiger partial charge is 0.159 e. The lowest BCUT2D eigenvalue weighted by Crippen LogP contribution is -2.08. The van der Waals surface area contributed by atoms with Gasteiger partial charge in [0.1, 0.15) is 0 Å². The maximum atomic E-state index is 13.2. The normalized spacial score (nSPS) is 14.7. The summed E-state index contributed by atoms with van der Waals surface area (Å²) in [6.45, 7) is 1.12. The van der Waals surface area contributed by atoms with Crippen LogP contribution in [0.5, 0.6) is 0 Å². The van der Waals surface area contributed by atoms with E-state index >= 15 is 0 Å². The third kappa shape index (κ3) is 1.72. The molecule has 0 fully saturated rings. The highest BCUT2D eigenvalue weighted by atomic mass is 19.2. The van der Waals surface area contributed by atoms with Gasteiger partial charge in [-0.1, -0.05) is 0 Å². The van der Waals surface area contributed by atoms with Crippen molar-refractivity contribution in [2.24, 2.45) is 0 Å².